The first-order valence-electron chi connectivity index (χ1n) is 8.41. The lowest BCUT2D eigenvalue weighted by atomic mass is 9.87. The molecule has 3 rings (SSSR count). The quantitative estimate of drug-likeness (QED) is 0.844. The standard InChI is InChI=1S/C18H24N4O2/c1-15(24-16-6-3-2-4-7-16)14-20-17(23)18(8-11-19-12-9-18)22-13-5-10-21-22/h2-7,10,13,15,19H,8-9,11-12,14H2,1H3,(H,20,23). The van der Waals surface area contributed by atoms with Crippen LogP contribution in [-0.2, 0) is 10.3 Å². The van der Waals surface area contributed by atoms with Gasteiger partial charge in [0.25, 0.3) is 0 Å². The number of nitrogens with zero attached hydrogens (tertiary/aromatic N) is 2. The number of benzene rings is 1. The first kappa shape index (κ1) is 16.5. The van der Waals surface area contributed by atoms with Gasteiger partial charge in [-0.15, -0.1) is 0 Å². The maximum Gasteiger partial charge on any atom is 0.248 e. The summed E-state index contributed by atoms with van der Waals surface area (Å²) in [6, 6.07) is 11.5. The van der Waals surface area contributed by atoms with E-state index in [4.69, 9.17) is 4.74 Å². The molecule has 128 valence electrons. The van der Waals surface area contributed by atoms with E-state index in [2.05, 4.69) is 15.7 Å². The van der Waals surface area contributed by atoms with Crippen molar-refractivity contribution in [2.24, 2.45) is 0 Å². The van der Waals surface area contributed by atoms with Crippen LogP contribution in [0.25, 0.3) is 0 Å². The average molecular weight is 328 g/mol. The number of piperidine rings is 1. The fraction of sp³-hybridized carbons (Fsp3) is 0.444. The second-order valence-corrected chi connectivity index (χ2v) is 6.18. The van der Waals surface area contributed by atoms with Crippen LogP contribution in [0, 0.1) is 0 Å². The highest BCUT2D eigenvalue weighted by Gasteiger charge is 2.41. The van der Waals surface area contributed by atoms with Crippen LogP contribution in [0.2, 0.25) is 0 Å². The molecular weight excluding hydrogens is 304 g/mol. The molecule has 1 aromatic carbocycles. The van der Waals surface area contributed by atoms with Crippen molar-refractivity contribution in [2.75, 3.05) is 19.6 Å². The lowest BCUT2D eigenvalue weighted by Gasteiger charge is -2.36. The molecule has 2 N–H and O–H groups in total. The largest absolute Gasteiger partial charge is 0.489 e. The summed E-state index contributed by atoms with van der Waals surface area (Å²) in [7, 11) is 0. The summed E-state index contributed by atoms with van der Waals surface area (Å²) in [4.78, 5) is 12.9. The van der Waals surface area contributed by atoms with Crippen molar-refractivity contribution in [3.05, 3.63) is 48.8 Å². The Bertz CT molecular complexity index is 636. The lowest BCUT2D eigenvalue weighted by molar-refractivity contribution is -0.132. The van der Waals surface area contributed by atoms with Crippen LogP contribution in [-0.4, -0.2) is 41.4 Å². The molecule has 1 aliphatic rings. The summed E-state index contributed by atoms with van der Waals surface area (Å²) >= 11 is 0. The Hall–Kier alpha value is -2.34. The van der Waals surface area contributed by atoms with Gasteiger partial charge in [0.05, 0.1) is 6.54 Å². The third-order valence-electron chi connectivity index (χ3n) is 4.43. The molecule has 1 atom stereocenters. The molecule has 2 aromatic rings. The van der Waals surface area contributed by atoms with E-state index in [1.165, 1.54) is 0 Å². The van der Waals surface area contributed by atoms with Gasteiger partial charge in [-0.05, 0) is 51.1 Å². The highest BCUT2D eigenvalue weighted by Crippen LogP contribution is 2.27. The average Bonchev–Trinajstić information content (AvgIpc) is 3.16. The first-order chi connectivity index (χ1) is 11.7. The predicted molar refractivity (Wildman–Crippen MR) is 91.8 cm³/mol. The Balaban J connectivity index is 1.62. The summed E-state index contributed by atoms with van der Waals surface area (Å²) in [5.74, 6) is 0.819. The highest BCUT2D eigenvalue weighted by molar-refractivity contribution is 5.84. The third kappa shape index (κ3) is 3.59. The zero-order valence-electron chi connectivity index (χ0n) is 13.9. The van der Waals surface area contributed by atoms with Gasteiger partial charge in [0.1, 0.15) is 17.4 Å². The molecule has 0 aliphatic carbocycles. The van der Waals surface area contributed by atoms with Gasteiger partial charge in [-0.1, -0.05) is 18.2 Å². The summed E-state index contributed by atoms with van der Waals surface area (Å²) < 4.78 is 7.62. The van der Waals surface area contributed by atoms with Gasteiger partial charge in [0, 0.05) is 12.4 Å². The van der Waals surface area contributed by atoms with Crippen molar-refractivity contribution in [3.63, 3.8) is 0 Å². The number of amides is 1. The summed E-state index contributed by atoms with van der Waals surface area (Å²) in [6.45, 7) is 4.03. The van der Waals surface area contributed by atoms with E-state index in [1.807, 2.05) is 49.5 Å². The van der Waals surface area contributed by atoms with Gasteiger partial charge < -0.3 is 15.4 Å². The second-order valence-electron chi connectivity index (χ2n) is 6.18. The molecule has 1 aromatic heterocycles. The van der Waals surface area contributed by atoms with Gasteiger partial charge in [-0.25, -0.2) is 0 Å². The molecule has 6 nitrogen and oxygen atoms in total. The molecule has 0 saturated carbocycles. The number of hydrogen-bond acceptors (Lipinski definition) is 4. The normalized spacial score (nSPS) is 17.9. The number of aromatic nitrogens is 2. The van der Waals surface area contributed by atoms with E-state index >= 15 is 0 Å². The van der Waals surface area contributed by atoms with Gasteiger partial charge in [-0.3, -0.25) is 9.48 Å². The maximum absolute atomic E-state index is 12.9. The van der Waals surface area contributed by atoms with E-state index in [-0.39, 0.29) is 12.0 Å². The minimum atomic E-state index is -0.610. The Morgan fingerprint density at radius 1 is 1.33 bits per heavy atom. The van der Waals surface area contributed by atoms with Crippen molar-refractivity contribution >= 4 is 5.91 Å². The maximum atomic E-state index is 12.9. The molecule has 6 heteroatoms. The van der Waals surface area contributed by atoms with Crippen LogP contribution >= 0.6 is 0 Å². The zero-order chi connectivity index (χ0) is 16.8. The molecule has 1 fully saturated rings. The van der Waals surface area contributed by atoms with E-state index in [0.717, 1.165) is 31.7 Å². The number of carbonyl (C=O) groups excluding carboxylic acids is 1. The Kier molecular flexibility index (Phi) is 5.15. The third-order valence-corrected chi connectivity index (χ3v) is 4.43. The van der Waals surface area contributed by atoms with Gasteiger partial charge in [0.2, 0.25) is 5.91 Å². The number of rotatable bonds is 6. The second kappa shape index (κ2) is 7.49. The van der Waals surface area contributed by atoms with Gasteiger partial charge in [-0.2, -0.15) is 5.10 Å². The number of ether oxygens (including phenoxy) is 1. The monoisotopic (exact) mass is 328 g/mol. The lowest BCUT2D eigenvalue weighted by Crippen LogP contribution is -2.55. The van der Waals surface area contributed by atoms with Crippen molar-refractivity contribution in [2.45, 2.75) is 31.4 Å². The number of para-hydroxylation sites is 1. The molecule has 2 heterocycles. The first-order valence-corrected chi connectivity index (χ1v) is 8.41. The van der Waals surface area contributed by atoms with E-state index in [9.17, 15) is 4.79 Å². The number of hydrogen-bond donors (Lipinski definition) is 2. The van der Waals surface area contributed by atoms with Crippen LogP contribution in [0.15, 0.2) is 48.8 Å². The van der Waals surface area contributed by atoms with E-state index in [0.29, 0.717) is 6.54 Å². The van der Waals surface area contributed by atoms with Crippen molar-refractivity contribution < 1.29 is 9.53 Å². The highest BCUT2D eigenvalue weighted by atomic mass is 16.5. The fourth-order valence-corrected chi connectivity index (χ4v) is 3.10. The minimum Gasteiger partial charge on any atom is -0.489 e. The molecular formula is C18H24N4O2. The molecule has 0 radical (unpaired) electrons. The molecule has 1 aliphatic heterocycles. The zero-order valence-corrected chi connectivity index (χ0v) is 13.9. The van der Waals surface area contributed by atoms with E-state index in [1.54, 1.807) is 10.9 Å². The summed E-state index contributed by atoms with van der Waals surface area (Å²) in [5.41, 5.74) is -0.610. The van der Waals surface area contributed by atoms with Crippen LogP contribution < -0.4 is 15.4 Å². The van der Waals surface area contributed by atoms with Crippen LogP contribution in [0.5, 0.6) is 5.75 Å². The Morgan fingerprint density at radius 3 is 2.75 bits per heavy atom. The molecule has 0 bridgehead atoms. The topological polar surface area (TPSA) is 68.2 Å². The van der Waals surface area contributed by atoms with E-state index < -0.39 is 5.54 Å². The number of nitrogens with one attached hydrogen (secondary N) is 2. The summed E-state index contributed by atoms with van der Waals surface area (Å²) in [5, 5.41) is 10.7. The molecule has 1 amide bonds. The summed E-state index contributed by atoms with van der Waals surface area (Å²) in [6.07, 6.45) is 4.95. The Morgan fingerprint density at radius 2 is 2.08 bits per heavy atom. The van der Waals surface area contributed by atoms with Crippen LogP contribution in [0.4, 0.5) is 0 Å². The molecule has 1 saturated heterocycles. The fourth-order valence-electron chi connectivity index (χ4n) is 3.10. The van der Waals surface area contributed by atoms with Crippen molar-refractivity contribution in [3.8, 4) is 5.75 Å². The smallest absolute Gasteiger partial charge is 0.248 e. The predicted octanol–water partition coefficient (Wildman–Crippen LogP) is 1.55. The van der Waals surface area contributed by atoms with Gasteiger partial charge in [0.15, 0.2) is 0 Å². The van der Waals surface area contributed by atoms with Crippen LogP contribution in [0.3, 0.4) is 0 Å². The minimum absolute atomic E-state index is 0.0104. The van der Waals surface area contributed by atoms with Crippen LogP contribution in [0.1, 0.15) is 19.8 Å². The molecule has 1 unspecified atom stereocenters. The molecule has 0 spiro atoms. The van der Waals surface area contributed by atoms with Gasteiger partial charge >= 0.3 is 0 Å². The molecule has 24 heavy (non-hydrogen) atoms. The SMILES string of the molecule is CC(CNC(=O)C1(n2cccn2)CCNCC1)Oc1ccccc1. The van der Waals surface area contributed by atoms with Crippen molar-refractivity contribution in [1.29, 1.82) is 0 Å². The number of carbonyl (C=O) groups is 1. The van der Waals surface area contributed by atoms with Crippen molar-refractivity contribution in [1.82, 2.24) is 20.4 Å². The Labute approximate surface area is 142 Å².